The number of aliphatic carboxylic acids is 1. The number of aliphatic hydroxyl groups is 1. The van der Waals surface area contributed by atoms with E-state index in [-0.39, 0.29) is 23.9 Å². The number of carboxylic acids is 1. The number of rotatable bonds is 5. The molecule has 0 aromatic heterocycles. The fraction of sp³-hybridized carbons (Fsp3) is 0.588. The average Bonchev–Trinajstić information content (AvgIpc) is 3.20. The monoisotopic (exact) mass is 305 g/mol. The lowest BCUT2D eigenvalue weighted by molar-refractivity contribution is -0.137. The lowest BCUT2D eigenvalue weighted by atomic mass is 9.92. The molecule has 1 aromatic rings. The minimum Gasteiger partial charge on any atom is -0.491 e. The summed E-state index contributed by atoms with van der Waals surface area (Å²) >= 11 is 0. The van der Waals surface area contributed by atoms with Gasteiger partial charge in [0.2, 0.25) is 0 Å². The molecule has 1 heterocycles. The van der Waals surface area contributed by atoms with Crippen molar-refractivity contribution in [1.29, 1.82) is 0 Å². The molecule has 1 fully saturated rings. The highest BCUT2D eigenvalue weighted by Gasteiger charge is 2.40. The Morgan fingerprint density at radius 2 is 2.23 bits per heavy atom. The first-order valence-corrected chi connectivity index (χ1v) is 7.82. The van der Waals surface area contributed by atoms with Crippen LogP contribution in [-0.2, 0) is 10.2 Å². The summed E-state index contributed by atoms with van der Waals surface area (Å²) in [7, 11) is 0. The fourth-order valence-corrected chi connectivity index (χ4v) is 3.07. The number of hydrogen-bond acceptors (Lipinski definition) is 4. The summed E-state index contributed by atoms with van der Waals surface area (Å²) < 4.78 is 5.81. The van der Waals surface area contributed by atoms with E-state index >= 15 is 0 Å². The second kappa shape index (κ2) is 5.56. The molecule has 120 valence electrons. The van der Waals surface area contributed by atoms with Gasteiger partial charge in [-0.1, -0.05) is 19.1 Å². The van der Waals surface area contributed by atoms with Crippen molar-refractivity contribution in [2.45, 2.75) is 56.7 Å². The van der Waals surface area contributed by atoms with Crippen LogP contribution >= 0.6 is 0 Å². The molecule has 5 heteroatoms. The highest BCUT2D eigenvalue weighted by atomic mass is 16.5. The summed E-state index contributed by atoms with van der Waals surface area (Å²) in [5.74, 6) is -0.101. The number of ether oxygens (including phenoxy) is 1. The SMILES string of the molecule is CC(CC(=O)O)N[C@H]1COc2cc(C3(C)CC3)ccc2C1O. The summed E-state index contributed by atoms with van der Waals surface area (Å²) in [4.78, 5) is 10.7. The van der Waals surface area contributed by atoms with Gasteiger partial charge in [0, 0.05) is 11.6 Å². The van der Waals surface area contributed by atoms with Crippen LogP contribution in [0.25, 0.3) is 0 Å². The fourth-order valence-electron chi connectivity index (χ4n) is 3.07. The normalized spacial score (nSPS) is 26.7. The van der Waals surface area contributed by atoms with Gasteiger partial charge in [0.25, 0.3) is 0 Å². The average molecular weight is 305 g/mol. The van der Waals surface area contributed by atoms with E-state index in [2.05, 4.69) is 18.3 Å². The first kappa shape index (κ1) is 15.3. The Kier molecular flexibility index (Phi) is 3.87. The summed E-state index contributed by atoms with van der Waals surface area (Å²) in [6.07, 6.45) is 1.74. The Labute approximate surface area is 130 Å². The van der Waals surface area contributed by atoms with Gasteiger partial charge in [-0.3, -0.25) is 4.79 Å². The molecular formula is C17H23NO4. The summed E-state index contributed by atoms with van der Waals surface area (Å²) in [5, 5.41) is 22.5. The molecular weight excluding hydrogens is 282 g/mol. The molecule has 3 atom stereocenters. The predicted octanol–water partition coefficient (Wildman–Crippen LogP) is 1.99. The van der Waals surface area contributed by atoms with Crippen LogP contribution in [0, 0.1) is 0 Å². The van der Waals surface area contributed by atoms with Crippen molar-refractivity contribution in [2.75, 3.05) is 6.61 Å². The van der Waals surface area contributed by atoms with Crippen LogP contribution in [0.3, 0.4) is 0 Å². The predicted molar refractivity (Wildman–Crippen MR) is 82.1 cm³/mol. The van der Waals surface area contributed by atoms with Crippen molar-refractivity contribution >= 4 is 5.97 Å². The van der Waals surface area contributed by atoms with E-state index in [0.29, 0.717) is 6.61 Å². The number of aliphatic hydroxyl groups excluding tert-OH is 1. The van der Waals surface area contributed by atoms with Gasteiger partial charge in [-0.15, -0.1) is 0 Å². The minimum absolute atomic E-state index is 0.0212. The zero-order valence-corrected chi connectivity index (χ0v) is 13.0. The van der Waals surface area contributed by atoms with Gasteiger partial charge in [0.1, 0.15) is 18.5 Å². The number of fused-ring (bicyclic) bond motifs is 1. The molecule has 0 radical (unpaired) electrons. The minimum atomic E-state index is -0.853. The molecule has 0 spiro atoms. The van der Waals surface area contributed by atoms with Crippen LogP contribution < -0.4 is 10.1 Å². The van der Waals surface area contributed by atoms with Crippen molar-refractivity contribution in [2.24, 2.45) is 0 Å². The van der Waals surface area contributed by atoms with E-state index in [4.69, 9.17) is 9.84 Å². The Morgan fingerprint density at radius 1 is 1.50 bits per heavy atom. The largest absolute Gasteiger partial charge is 0.491 e. The molecule has 1 aromatic carbocycles. The van der Waals surface area contributed by atoms with Crippen LogP contribution in [0.15, 0.2) is 18.2 Å². The molecule has 0 bridgehead atoms. The molecule has 3 N–H and O–H groups in total. The summed E-state index contributed by atoms with van der Waals surface area (Å²) in [5.41, 5.74) is 2.32. The van der Waals surface area contributed by atoms with E-state index in [1.165, 1.54) is 18.4 Å². The molecule has 3 rings (SSSR count). The zero-order chi connectivity index (χ0) is 15.9. The first-order valence-electron chi connectivity index (χ1n) is 7.82. The number of carboxylic acid groups (broad SMARTS) is 1. The third-order valence-corrected chi connectivity index (χ3v) is 4.81. The van der Waals surface area contributed by atoms with Gasteiger partial charge in [-0.05, 0) is 36.8 Å². The summed E-state index contributed by atoms with van der Waals surface area (Å²) in [6.45, 7) is 4.39. The second-order valence-electron chi connectivity index (χ2n) is 6.84. The van der Waals surface area contributed by atoms with Crippen LogP contribution in [0.4, 0.5) is 0 Å². The standard InChI is InChI=1S/C17H23NO4/c1-10(7-15(19)20)18-13-9-22-14-8-11(17(2)5-6-17)3-4-12(14)16(13)21/h3-4,8,10,13,16,18,21H,5-7,9H2,1-2H3,(H,19,20)/t10?,13-,16?/m0/s1. The van der Waals surface area contributed by atoms with Gasteiger partial charge in [0.15, 0.2) is 0 Å². The maximum absolute atomic E-state index is 10.7. The maximum atomic E-state index is 10.7. The van der Waals surface area contributed by atoms with Crippen molar-refractivity contribution in [3.8, 4) is 5.75 Å². The number of carbonyl (C=O) groups is 1. The third-order valence-electron chi connectivity index (χ3n) is 4.81. The quantitative estimate of drug-likeness (QED) is 0.775. The van der Waals surface area contributed by atoms with Crippen LogP contribution in [0.2, 0.25) is 0 Å². The van der Waals surface area contributed by atoms with Gasteiger partial charge < -0.3 is 20.3 Å². The highest BCUT2D eigenvalue weighted by molar-refractivity contribution is 5.67. The molecule has 5 nitrogen and oxygen atoms in total. The van der Waals surface area contributed by atoms with Crippen molar-refractivity contribution < 1.29 is 19.7 Å². The van der Waals surface area contributed by atoms with Crippen molar-refractivity contribution in [1.82, 2.24) is 5.32 Å². The molecule has 1 aliphatic heterocycles. The Hall–Kier alpha value is -1.59. The van der Waals surface area contributed by atoms with E-state index in [9.17, 15) is 9.90 Å². The van der Waals surface area contributed by atoms with Crippen LogP contribution in [0.1, 0.15) is 50.3 Å². The smallest absolute Gasteiger partial charge is 0.304 e. The molecule has 0 amide bonds. The van der Waals surface area contributed by atoms with Gasteiger partial charge >= 0.3 is 5.97 Å². The van der Waals surface area contributed by atoms with Crippen LogP contribution in [0.5, 0.6) is 5.75 Å². The lowest BCUT2D eigenvalue weighted by Crippen LogP contribution is -2.47. The Morgan fingerprint density at radius 3 is 2.86 bits per heavy atom. The zero-order valence-electron chi connectivity index (χ0n) is 13.0. The van der Waals surface area contributed by atoms with E-state index < -0.39 is 12.1 Å². The van der Waals surface area contributed by atoms with Crippen molar-refractivity contribution in [3.63, 3.8) is 0 Å². The second-order valence-corrected chi connectivity index (χ2v) is 6.84. The highest BCUT2D eigenvalue weighted by Crippen LogP contribution is 2.49. The molecule has 22 heavy (non-hydrogen) atoms. The molecule has 1 aliphatic carbocycles. The first-order chi connectivity index (χ1) is 10.4. The number of nitrogens with one attached hydrogen (secondary N) is 1. The van der Waals surface area contributed by atoms with Gasteiger partial charge in [-0.2, -0.15) is 0 Å². The topological polar surface area (TPSA) is 78.8 Å². The van der Waals surface area contributed by atoms with Crippen molar-refractivity contribution in [3.05, 3.63) is 29.3 Å². The third kappa shape index (κ3) is 2.96. The van der Waals surface area contributed by atoms with Crippen LogP contribution in [-0.4, -0.2) is 34.9 Å². The van der Waals surface area contributed by atoms with Gasteiger partial charge in [0.05, 0.1) is 12.5 Å². The summed E-state index contributed by atoms with van der Waals surface area (Å²) in [6, 6.07) is 5.55. The number of hydrogen-bond donors (Lipinski definition) is 3. The van der Waals surface area contributed by atoms with E-state index in [1.54, 1.807) is 6.92 Å². The number of benzene rings is 1. The van der Waals surface area contributed by atoms with E-state index in [1.807, 2.05) is 12.1 Å². The van der Waals surface area contributed by atoms with Gasteiger partial charge in [-0.25, -0.2) is 0 Å². The Bertz CT molecular complexity index is 582. The van der Waals surface area contributed by atoms with E-state index in [0.717, 1.165) is 11.3 Å². The molecule has 0 saturated heterocycles. The molecule has 1 saturated carbocycles. The lowest BCUT2D eigenvalue weighted by Gasteiger charge is -2.33. The maximum Gasteiger partial charge on any atom is 0.304 e. The molecule has 2 aliphatic rings. The Balaban J connectivity index is 1.72. The molecule has 2 unspecified atom stereocenters.